The molecule has 0 spiro atoms. The second-order valence-corrected chi connectivity index (χ2v) is 5.72. The second-order valence-electron chi connectivity index (χ2n) is 4.74. The van der Waals surface area contributed by atoms with Crippen LogP contribution in [0.15, 0.2) is 11.6 Å². The van der Waals surface area contributed by atoms with Gasteiger partial charge in [-0.2, -0.15) is 0 Å². The highest BCUT2D eigenvalue weighted by molar-refractivity contribution is 7.09. The Morgan fingerprint density at radius 1 is 1.44 bits per heavy atom. The van der Waals surface area contributed by atoms with Crippen molar-refractivity contribution in [2.24, 2.45) is 5.92 Å². The summed E-state index contributed by atoms with van der Waals surface area (Å²) in [6.07, 6.45) is 4.08. The molecule has 1 fully saturated rings. The average molecular weight is 269 g/mol. The Kier molecular flexibility index (Phi) is 6.07. The average Bonchev–Trinajstić information content (AvgIpc) is 3.03. The molecule has 1 aromatic heterocycles. The Morgan fingerprint density at radius 2 is 2.39 bits per heavy atom. The molecule has 4 nitrogen and oxygen atoms in total. The van der Waals surface area contributed by atoms with Crippen LogP contribution in [0.2, 0.25) is 0 Å². The van der Waals surface area contributed by atoms with Gasteiger partial charge in [-0.3, -0.25) is 0 Å². The van der Waals surface area contributed by atoms with Crippen LogP contribution in [-0.4, -0.2) is 43.9 Å². The lowest BCUT2D eigenvalue weighted by Gasteiger charge is -2.19. The van der Waals surface area contributed by atoms with E-state index in [1.54, 1.807) is 11.3 Å². The minimum absolute atomic E-state index is 0.525. The molecule has 18 heavy (non-hydrogen) atoms. The lowest BCUT2D eigenvalue weighted by atomic mass is 10.0. The van der Waals surface area contributed by atoms with Crippen LogP contribution in [0.3, 0.4) is 0 Å². The van der Waals surface area contributed by atoms with Crippen molar-refractivity contribution in [3.63, 3.8) is 0 Å². The van der Waals surface area contributed by atoms with E-state index >= 15 is 0 Å². The fourth-order valence-electron chi connectivity index (χ4n) is 2.21. The molecule has 0 bridgehead atoms. The number of nitrogens with zero attached hydrogens (tertiary/aromatic N) is 1. The molecule has 2 unspecified atom stereocenters. The van der Waals surface area contributed by atoms with Crippen LogP contribution >= 0.6 is 11.3 Å². The van der Waals surface area contributed by atoms with Crippen LogP contribution in [0.5, 0.6) is 0 Å². The van der Waals surface area contributed by atoms with E-state index in [2.05, 4.69) is 22.5 Å². The topological polar surface area (TPSA) is 46.2 Å². The molecule has 2 rings (SSSR count). The number of hydrogen-bond donors (Lipinski definition) is 2. The summed E-state index contributed by atoms with van der Waals surface area (Å²) in [6.45, 7) is 7.06. The van der Waals surface area contributed by atoms with Gasteiger partial charge in [-0.1, -0.05) is 6.92 Å². The summed E-state index contributed by atoms with van der Waals surface area (Å²) in [5.74, 6) is 0.604. The van der Waals surface area contributed by atoms with Crippen LogP contribution in [0.4, 0.5) is 0 Å². The van der Waals surface area contributed by atoms with E-state index in [1.807, 2.05) is 11.6 Å². The highest BCUT2D eigenvalue weighted by atomic mass is 32.1. The Hall–Kier alpha value is -0.490. The van der Waals surface area contributed by atoms with Crippen molar-refractivity contribution in [2.45, 2.75) is 25.8 Å². The van der Waals surface area contributed by atoms with Gasteiger partial charge in [0.1, 0.15) is 0 Å². The fourth-order valence-corrected chi connectivity index (χ4v) is 2.83. The van der Waals surface area contributed by atoms with E-state index < -0.39 is 0 Å². The van der Waals surface area contributed by atoms with Crippen LogP contribution in [0.25, 0.3) is 0 Å². The van der Waals surface area contributed by atoms with E-state index in [4.69, 9.17) is 4.74 Å². The predicted octanol–water partition coefficient (Wildman–Crippen LogP) is 1.29. The third-order valence-electron chi connectivity index (χ3n) is 3.26. The number of thiazole rings is 1. The Labute approximate surface area is 113 Å². The van der Waals surface area contributed by atoms with Crippen molar-refractivity contribution in [2.75, 3.05) is 32.8 Å². The SMILES string of the molecule is CCCNC1COCC1CNCCc1nccs1. The van der Waals surface area contributed by atoms with Crippen molar-refractivity contribution >= 4 is 11.3 Å². The maximum absolute atomic E-state index is 5.56. The molecule has 1 aliphatic heterocycles. The number of ether oxygens (including phenoxy) is 1. The van der Waals surface area contributed by atoms with E-state index in [0.717, 1.165) is 39.3 Å². The fraction of sp³-hybridized carbons (Fsp3) is 0.769. The first-order valence-electron chi connectivity index (χ1n) is 6.80. The number of nitrogens with one attached hydrogen (secondary N) is 2. The van der Waals surface area contributed by atoms with Crippen molar-refractivity contribution in [1.82, 2.24) is 15.6 Å². The number of hydrogen-bond acceptors (Lipinski definition) is 5. The molecule has 0 amide bonds. The predicted molar refractivity (Wildman–Crippen MR) is 75.1 cm³/mol. The smallest absolute Gasteiger partial charge is 0.0937 e. The molecule has 2 N–H and O–H groups in total. The summed E-state index contributed by atoms with van der Waals surface area (Å²) in [5.41, 5.74) is 0. The van der Waals surface area contributed by atoms with E-state index in [1.165, 1.54) is 11.4 Å². The molecule has 0 saturated carbocycles. The molecule has 2 heterocycles. The lowest BCUT2D eigenvalue weighted by Crippen LogP contribution is -2.40. The van der Waals surface area contributed by atoms with Gasteiger partial charge >= 0.3 is 0 Å². The summed E-state index contributed by atoms with van der Waals surface area (Å²) in [6, 6.07) is 0.525. The van der Waals surface area contributed by atoms with Gasteiger partial charge in [0.05, 0.1) is 18.2 Å². The van der Waals surface area contributed by atoms with E-state index in [-0.39, 0.29) is 0 Å². The standard InChI is InChI=1S/C13H23N3OS/c1-2-4-15-12-10-17-9-11(12)8-14-5-3-13-16-6-7-18-13/h6-7,11-12,14-15H,2-5,8-10H2,1H3. The quantitative estimate of drug-likeness (QED) is 0.698. The molecule has 0 radical (unpaired) electrons. The summed E-state index contributed by atoms with van der Waals surface area (Å²) >= 11 is 1.73. The zero-order valence-electron chi connectivity index (χ0n) is 11.0. The molecular formula is C13H23N3OS. The van der Waals surface area contributed by atoms with Gasteiger partial charge in [-0.25, -0.2) is 4.98 Å². The van der Waals surface area contributed by atoms with Gasteiger partial charge in [0.25, 0.3) is 0 Å². The molecule has 1 aromatic rings. The Balaban J connectivity index is 1.60. The van der Waals surface area contributed by atoms with Gasteiger partial charge in [-0.15, -0.1) is 11.3 Å². The van der Waals surface area contributed by atoms with Gasteiger partial charge in [0.2, 0.25) is 0 Å². The molecule has 0 aromatic carbocycles. The third-order valence-corrected chi connectivity index (χ3v) is 4.10. The van der Waals surface area contributed by atoms with Crippen molar-refractivity contribution < 1.29 is 4.74 Å². The minimum Gasteiger partial charge on any atom is -0.379 e. The third kappa shape index (κ3) is 4.31. The summed E-state index contributed by atoms with van der Waals surface area (Å²) in [7, 11) is 0. The zero-order valence-corrected chi connectivity index (χ0v) is 11.8. The summed E-state index contributed by atoms with van der Waals surface area (Å²) in [5, 5.41) is 10.3. The maximum Gasteiger partial charge on any atom is 0.0937 e. The van der Waals surface area contributed by atoms with Gasteiger partial charge in [-0.05, 0) is 13.0 Å². The van der Waals surface area contributed by atoms with Gasteiger partial charge in [0, 0.05) is 43.0 Å². The van der Waals surface area contributed by atoms with Crippen LogP contribution in [0, 0.1) is 5.92 Å². The molecule has 1 saturated heterocycles. The van der Waals surface area contributed by atoms with Crippen LogP contribution < -0.4 is 10.6 Å². The minimum atomic E-state index is 0.525. The van der Waals surface area contributed by atoms with Gasteiger partial charge in [0.15, 0.2) is 0 Å². The highest BCUT2D eigenvalue weighted by Gasteiger charge is 2.26. The first-order valence-corrected chi connectivity index (χ1v) is 7.68. The molecular weight excluding hydrogens is 246 g/mol. The molecule has 102 valence electrons. The number of aromatic nitrogens is 1. The highest BCUT2D eigenvalue weighted by Crippen LogP contribution is 2.12. The van der Waals surface area contributed by atoms with Crippen LogP contribution in [0.1, 0.15) is 18.4 Å². The first kappa shape index (κ1) is 13.9. The lowest BCUT2D eigenvalue weighted by molar-refractivity contribution is 0.182. The van der Waals surface area contributed by atoms with Crippen molar-refractivity contribution in [3.05, 3.63) is 16.6 Å². The monoisotopic (exact) mass is 269 g/mol. The van der Waals surface area contributed by atoms with E-state index in [9.17, 15) is 0 Å². The summed E-state index contributed by atoms with van der Waals surface area (Å²) in [4.78, 5) is 4.28. The molecule has 0 aliphatic carbocycles. The molecule has 1 aliphatic rings. The maximum atomic E-state index is 5.56. The summed E-state index contributed by atoms with van der Waals surface area (Å²) < 4.78 is 5.56. The molecule has 5 heteroatoms. The van der Waals surface area contributed by atoms with Crippen LogP contribution in [-0.2, 0) is 11.2 Å². The zero-order chi connectivity index (χ0) is 12.6. The first-order chi connectivity index (χ1) is 8.90. The Morgan fingerprint density at radius 3 is 3.17 bits per heavy atom. The van der Waals surface area contributed by atoms with E-state index in [0.29, 0.717) is 12.0 Å². The number of rotatable bonds is 8. The largest absolute Gasteiger partial charge is 0.379 e. The Bertz CT molecular complexity index is 318. The van der Waals surface area contributed by atoms with Gasteiger partial charge < -0.3 is 15.4 Å². The second kappa shape index (κ2) is 7.84. The molecule has 2 atom stereocenters. The van der Waals surface area contributed by atoms with Crippen molar-refractivity contribution in [3.8, 4) is 0 Å². The van der Waals surface area contributed by atoms with Crippen molar-refractivity contribution in [1.29, 1.82) is 0 Å². The normalized spacial score (nSPS) is 23.6.